The Morgan fingerprint density at radius 2 is 1.39 bits per heavy atom. The molecule has 0 unspecified atom stereocenters. The minimum atomic E-state index is -0.445. The molecule has 2 amide bonds. The zero-order valence-corrected chi connectivity index (χ0v) is 20.9. The number of esters is 1. The molecule has 0 atom stereocenters. The van der Waals surface area contributed by atoms with E-state index in [-0.39, 0.29) is 11.1 Å². The van der Waals surface area contributed by atoms with E-state index in [4.69, 9.17) is 4.74 Å². The summed E-state index contributed by atoms with van der Waals surface area (Å²) in [7, 11) is 0. The van der Waals surface area contributed by atoms with Gasteiger partial charge in [-0.05, 0) is 94.4 Å². The van der Waals surface area contributed by atoms with Gasteiger partial charge in [0.25, 0.3) is 11.8 Å². The summed E-state index contributed by atoms with van der Waals surface area (Å²) in [4.78, 5) is 39.0. The summed E-state index contributed by atoms with van der Waals surface area (Å²) in [5, 5.41) is 0. The number of amides is 2. The number of imide groups is 1. The first-order chi connectivity index (χ1) is 13.3. The predicted octanol–water partition coefficient (Wildman–Crippen LogP) is 6.49. The molecule has 3 rings (SSSR count). The van der Waals surface area contributed by atoms with Crippen molar-refractivity contribution >= 4 is 87.2 Å². The Bertz CT molecular complexity index is 942. The van der Waals surface area contributed by atoms with Crippen molar-refractivity contribution in [3.05, 3.63) is 58.8 Å². The molecule has 0 saturated carbocycles. The number of carbonyl (C=O) groups excluding carboxylic acids is 3. The number of benzene rings is 2. The molecular weight excluding hydrogens is 626 g/mol. The molecule has 0 spiro atoms. The summed E-state index contributed by atoms with van der Waals surface area (Å²) in [5.41, 5.74) is 1.29. The molecule has 146 valence electrons. The first-order valence-electron chi connectivity index (χ1n) is 8.31. The smallest absolute Gasteiger partial charge is 0.338 e. The van der Waals surface area contributed by atoms with Gasteiger partial charge in [0.1, 0.15) is 0 Å². The molecule has 0 aliphatic carbocycles. The summed E-state index contributed by atoms with van der Waals surface area (Å²) < 4.78 is 7.43. The molecule has 1 aliphatic heterocycles. The second kappa shape index (κ2) is 8.77. The van der Waals surface area contributed by atoms with E-state index in [1.807, 2.05) is 6.92 Å². The quantitative estimate of drug-likeness (QED) is 0.123. The first-order valence-corrected chi connectivity index (χ1v) is 11.5. The zero-order chi connectivity index (χ0) is 20.6. The van der Waals surface area contributed by atoms with Gasteiger partial charge in [-0.15, -0.1) is 0 Å². The molecule has 1 aliphatic rings. The van der Waals surface area contributed by atoms with Crippen LogP contribution in [0.15, 0.2) is 42.2 Å². The Kier molecular flexibility index (Phi) is 6.79. The van der Waals surface area contributed by atoms with Gasteiger partial charge in [-0.2, -0.15) is 0 Å². The van der Waals surface area contributed by atoms with Crippen molar-refractivity contribution in [3.8, 4) is 0 Å². The minimum Gasteiger partial charge on any atom is -0.462 e. The topological polar surface area (TPSA) is 63.7 Å². The standard InChI is InChI=1S/C19H13Br4NO4/c1-2-3-8-28-19(27)9-4-6-10(7-5-9)24-17(25)11-12(18(24)26)14(21)16(23)15(22)13(11)20/h4-7H,2-3,8H2,1H3. The number of rotatable bonds is 5. The molecule has 0 aromatic heterocycles. The van der Waals surface area contributed by atoms with Crippen LogP contribution in [0.4, 0.5) is 5.69 Å². The molecule has 28 heavy (non-hydrogen) atoms. The van der Waals surface area contributed by atoms with Crippen molar-refractivity contribution in [1.82, 2.24) is 0 Å². The van der Waals surface area contributed by atoms with Gasteiger partial charge in [0.15, 0.2) is 0 Å². The van der Waals surface area contributed by atoms with Crippen molar-refractivity contribution in [1.29, 1.82) is 0 Å². The van der Waals surface area contributed by atoms with Gasteiger partial charge < -0.3 is 4.74 Å². The molecule has 2 aromatic carbocycles. The van der Waals surface area contributed by atoms with Crippen molar-refractivity contribution in [2.75, 3.05) is 11.5 Å². The van der Waals surface area contributed by atoms with Gasteiger partial charge in [-0.3, -0.25) is 9.59 Å². The van der Waals surface area contributed by atoms with Gasteiger partial charge in [0, 0.05) is 17.9 Å². The van der Waals surface area contributed by atoms with Gasteiger partial charge in [0.2, 0.25) is 0 Å². The van der Waals surface area contributed by atoms with Crippen LogP contribution in [0.1, 0.15) is 50.8 Å². The maximum Gasteiger partial charge on any atom is 0.338 e. The Labute approximate surface area is 195 Å². The molecule has 0 saturated heterocycles. The Hall–Kier alpha value is -1.03. The maximum atomic E-state index is 13.0. The predicted molar refractivity (Wildman–Crippen MR) is 120 cm³/mol. The number of halogens is 4. The minimum absolute atomic E-state index is 0.273. The van der Waals surface area contributed by atoms with Gasteiger partial charge in [-0.25, -0.2) is 9.69 Å². The van der Waals surface area contributed by atoms with Crippen molar-refractivity contribution in [3.63, 3.8) is 0 Å². The third-order valence-corrected chi connectivity index (χ3v) is 8.96. The van der Waals surface area contributed by atoms with E-state index >= 15 is 0 Å². The third-order valence-electron chi connectivity index (χ3n) is 4.19. The SMILES string of the molecule is CCCCOC(=O)c1ccc(N2C(=O)c3c(Br)c(Br)c(Br)c(Br)c3C2=O)cc1. The molecule has 1 heterocycles. The average molecular weight is 639 g/mol. The molecule has 2 aromatic rings. The molecule has 0 bridgehead atoms. The van der Waals surface area contributed by atoms with E-state index < -0.39 is 17.8 Å². The first kappa shape index (κ1) is 21.7. The van der Waals surface area contributed by atoms with E-state index in [0.717, 1.165) is 17.7 Å². The van der Waals surface area contributed by atoms with E-state index in [1.165, 1.54) is 0 Å². The van der Waals surface area contributed by atoms with Crippen LogP contribution < -0.4 is 4.90 Å². The summed E-state index contributed by atoms with van der Waals surface area (Å²) in [5.74, 6) is -1.32. The number of ether oxygens (including phenoxy) is 1. The van der Waals surface area contributed by atoms with Crippen LogP contribution in [0, 0.1) is 0 Å². The van der Waals surface area contributed by atoms with Crippen LogP contribution in [0.25, 0.3) is 0 Å². The number of anilines is 1. The Morgan fingerprint density at radius 1 is 0.893 bits per heavy atom. The van der Waals surface area contributed by atoms with Crippen LogP contribution in [0.5, 0.6) is 0 Å². The van der Waals surface area contributed by atoms with Crippen molar-refractivity contribution in [2.45, 2.75) is 19.8 Å². The third kappa shape index (κ3) is 3.74. The summed E-state index contributed by atoms with van der Waals surface area (Å²) in [6.07, 6.45) is 1.73. The van der Waals surface area contributed by atoms with Crippen LogP contribution in [0.2, 0.25) is 0 Å². The van der Waals surface area contributed by atoms with Crippen LogP contribution in [-0.4, -0.2) is 24.4 Å². The normalized spacial score (nSPS) is 13.1. The summed E-state index contributed by atoms with van der Waals surface area (Å²) in [6, 6.07) is 6.21. The second-order valence-corrected chi connectivity index (χ2v) is 9.16. The second-order valence-electron chi connectivity index (χ2n) is 5.99. The van der Waals surface area contributed by atoms with Crippen molar-refractivity contribution in [2.24, 2.45) is 0 Å². The maximum absolute atomic E-state index is 13.0. The van der Waals surface area contributed by atoms with E-state index in [2.05, 4.69) is 63.7 Å². The molecular formula is C19H13Br4NO4. The highest BCUT2D eigenvalue weighted by molar-refractivity contribution is 9.15. The van der Waals surface area contributed by atoms with Crippen LogP contribution in [0.3, 0.4) is 0 Å². The average Bonchev–Trinajstić information content (AvgIpc) is 2.95. The molecule has 0 radical (unpaired) electrons. The highest BCUT2D eigenvalue weighted by Crippen LogP contribution is 2.46. The molecule has 0 fully saturated rings. The van der Waals surface area contributed by atoms with Gasteiger partial charge in [0.05, 0.1) is 29.0 Å². The van der Waals surface area contributed by atoms with Crippen LogP contribution in [-0.2, 0) is 4.74 Å². The number of carbonyl (C=O) groups is 3. The zero-order valence-electron chi connectivity index (χ0n) is 14.5. The van der Waals surface area contributed by atoms with E-state index in [9.17, 15) is 14.4 Å². The lowest BCUT2D eigenvalue weighted by molar-refractivity contribution is 0.0499. The number of nitrogens with zero attached hydrogens (tertiary/aromatic N) is 1. The fourth-order valence-corrected chi connectivity index (χ4v) is 5.18. The number of hydrogen-bond donors (Lipinski definition) is 0. The Balaban J connectivity index is 1.92. The van der Waals surface area contributed by atoms with Gasteiger partial charge >= 0.3 is 5.97 Å². The van der Waals surface area contributed by atoms with Crippen LogP contribution >= 0.6 is 63.7 Å². The lowest BCUT2D eigenvalue weighted by Gasteiger charge is -2.14. The highest BCUT2D eigenvalue weighted by atomic mass is 79.9. The van der Waals surface area contributed by atoms with Gasteiger partial charge in [-0.1, -0.05) is 13.3 Å². The monoisotopic (exact) mass is 635 g/mol. The molecule has 5 nitrogen and oxygen atoms in total. The molecule has 9 heteroatoms. The largest absolute Gasteiger partial charge is 0.462 e. The summed E-state index contributed by atoms with van der Waals surface area (Å²) in [6.45, 7) is 2.37. The number of hydrogen-bond acceptors (Lipinski definition) is 4. The fourth-order valence-electron chi connectivity index (χ4n) is 2.72. The fraction of sp³-hybridized carbons (Fsp3) is 0.211. The van der Waals surface area contributed by atoms with Crippen molar-refractivity contribution < 1.29 is 19.1 Å². The highest BCUT2D eigenvalue weighted by Gasteiger charge is 2.41. The Morgan fingerprint density at radius 3 is 1.86 bits per heavy atom. The van der Waals surface area contributed by atoms with E-state index in [1.54, 1.807) is 24.3 Å². The lowest BCUT2D eigenvalue weighted by Crippen LogP contribution is -2.29. The lowest BCUT2D eigenvalue weighted by atomic mass is 10.1. The summed E-state index contributed by atoms with van der Waals surface area (Å²) >= 11 is 13.6. The number of unbranched alkanes of at least 4 members (excludes halogenated alkanes) is 1. The number of fused-ring (bicyclic) bond motifs is 1. The van der Waals surface area contributed by atoms with E-state index in [0.29, 0.717) is 35.7 Å². The molecule has 0 N–H and O–H groups in total.